The van der Waals surface area contributed by atoms with Gasteiger partial charge in [-0.3, -0.25) is 4.68 Å². The maximum atomic E-state index is 11.5. The van der Waals surface area contributed by atoms with Crippen LogP contribution in [0.25, 0.3) is 10.9 Å². The molecule has 0 atom stereocenters. The highest BCUT2D eigenvalue weighted by atomic mass is 79.9. The summed E-state index contributed by atoms with van der Waals surface area (Å²) < 4.78 is 7.10. The van der Waals surface area contributed by atoms with E-state index in [0.717, 1.165) is 15.4 Å². The number of halogens is 1. The number of fused-ring (bicyclic) bond motifs is 1. The molecule has 15 heavy (non-hydrogen) atoms. The Morgan fingerprint density at radius 3 is 2.93 bits per heavy atom. The monoisotopic (exact) mass is 268 g/mol. The van der Waals surface area contributed by atoms with Gasteiger partial charge < -0.3 is 4.74 Å². The molecule has 4 nitrogen and oxygen atoms in total. The van der Waals surface area contributed by atoms with Crippen LogP contribution in [0.5, 0.6) is 0 Å². The smallest absolute Gasteiger partial charge is 0.356 e. The fourth-order valence-electron chi connectivity index (χ4n) is 1.52. The van der Waals surface area contributed by atoms with Crippen molar-refractivity contribution in [3.05, 3.63) is 28.4 Å². The number of nitrogens with zero attached hydrogens (tertiary/aromatic N) is 2. The van der Waals surface area contributed by atoms with Gasteiger partial charge in [0.1, 0.15) is 5.52 Å². The maximum Gasteiger partial charge on any atom is 0.356 e. The molecule has 0 bridgehead atoms. The molecule has 1 heterocycles. The zero-order valence-electron chi connectivity index (χ0n) is 8.32. The Morgan fingerprint density at radius 2 is 2.27 bits per heavy atom. The fourth-order valence-corrected chi connectivity index (χ4v) is 1.97. The highest BCUT2D eigenvalue weighted by Crippen LogP contribution is 2.25. The van der Waals surface area contributed by atoms with Gasteiger partial charge in [0.25, 0.3) is 0 Å². The molecule has 0 radical (unpaired) electrons. The van der Waals surface area contributed by atoms with Gasteiger partial charge in [-0.15, -0.1) is 0 Å². The van der Waals surface area contributed by atoms with Crippen molar-refractivity contribution >= 4 is 32.8 Å². The van der Waals surface area contributed by atoms with Gasteiger partial charge in [0.05, 0.1) is 7.11 Å². The molecular weight excluding hydrogens is 260 g/mol. The fraction of sp³-hybridized carbons (Fsp3) is 0.200. The summed E-state index contributed by atoms with van der Waals surface area (Å²) in [4.78, 5) is 11.5. The van der Waals surface area contributed by atoms with Crippen molar-refractivity contribution < 1.29 is 9.53 Å². The van der Waals surface area contributed by atoms with E-state index in [1.54, 1.807) is 7.05 Å². The minimum Gasteiger partial charge on any atom is -0.464 e. The predicted octanol–water partition coefficient (Wildman–Crippen LogP) is 2.12. The van der Waals surface area contributed by atoms with Crippen LogP contribution < -0.4 is 0 Å². The second kappa shape index (κ2) is 3.66. The van der Waals surface area contributed by atoms with Crippen LogP contribution in [0.2, 0.25) is 0 Å². The largest absolute Gasteiger partial charge is 0.464 e. The van der Waals surface area contributed by atoms with E-state index in [1.165, 1.54) is 11.8 Å². The Kier molecular flexibility index (Phi) is 2.48. The van der Waals surface area contributed by atoms with Crippen molar-refractivity contribution in [3.63, 3.8) is 0 Å². The normalized spacial score (nSPS) is 10.6. The number of aromatic nitrogens is 2. The number of hydrogen-bond acceptors (Lipinski definition) is 3. The van der Waals surface area contributed by atoms with Crippen molar-refractivity contribution in [2.24, 2.45) is 7.05 Å². The molecule has 5 heteroatoms. The number of aryl methyl sites for hydroxylation is 1. The van der Waals surface area contributed by atoms with E-state index in [2.05, 4.69) is 21.0 Å². The molecule has 78 valence electrons. The molecule has 0 fully saturated rings. The molecule has 2 aromatic rings. The summed E-state index contributed by atoms with van der Waals surface area (Å²) in [5.74, 6) is -0.377. The number of carbonyl (C=O) groups is 1. The van der Waals surface area contributed by atoms with Crippen molar-refractivity contribution in [3.8, 4) is 0 Å². The molecule has 0 amide bonds. The van der Waals surface area contributed by atoms with Crippen molar-refractivity contribution in [2.45, 2.75) is 0 Å². The number of methoxy groups -OCH3 is 1. The molecule has 1 aromatic carbocycles. The molecule has 0 saturated carbocycles. The highest BCUT2D eigenvalue weighted by Gasteiger charge is 2.17. The van der Waals surface area contributed by atoms with Gasteiger partial charge in [0.2, 0.25) is 0 Å². The predicted molar refractivity (Wildman–Crippen MR) is 59.8 cm³/mol. The van der Waals surface area contributed by atoms with Crippen LogP contribution in [0.4, 0.5) is 0 Å². The second-order valence-corrected chi connectivity index (χ2v) is 3.95. The van der Waals surface area contributed by atoms with Gasteiger partial charge >= 0.3 is 5.97 Å². The summed E-state index contributed by atoms with van der Waals surface area (Å²) in [6.07, 6.45) is 0. The van der Waals surface area contributed by atoms with Gasteiger partial charge in [-0.2, -0.15) is 5.10 Å². The first-order valence-corrected chi connectivity index (χ1v) is 5.14. The lowest BCUT2D eigenvalue weighted by molar-refractivity contribution is 0.0590. The quantitative estimate of drug-likeness (QED) is 0.745. The van der Waals surface area contributed by atoms with Crippen LogP contribution in [0.15, 0.2) is 22.7 Å². The Labute approximate surface area is 95.0 Å². The Hall–Kier alpha value is -1.36. The minimum atomic E-state index is -0.377. The Bertz CT molecular complexity index is 533. The van der Waals surface area contributed by atoms with E-state index in [1.807, 2.05) is 18.2 Å². The number of hydrogen-bond donors (Lipinski definition) is 0. The standard InChI is InChI=1S/C10H9BrN2O2/c1-13-9(10(14)15-2)6-4-3-5-7(11)8(6)12-13/h3-5H,1-2H3. The lowest BCUT2D eigenvalue weighted by Crippen LogP contribution is -2.08. The molecule has 0 N–H and O–H groups in total. The van der Waals surface area contributed by atoms with Crippen molar-refractivity contribution in [1.29, 1.82) is 0 Å². The van der Waals surface area contributed by atoms with Gasteiger partial charge in [-0.25, -0.2) is 4.79 Å². The number of ether oxygens (including phenoxy) is 1. The second-order valence-electron chi connectivity index (χ2n) is 3.10. The SMILES string of the molecule is COC(=O)c1c2cccc(Br)c2nn1C. The lowest BCUT2D eigenvalue weighted by atomic mass is 10.2. The van der Waals surface area contributed by atoms with Crippen molar-refractivity contribution in [1.82, 2.24) is 9.78 Å². The Morgan fingerprint density at radius 1 is 1.53 bits per heavy atom. The molecule has 1 aromatic heterocycles. The van der Waals surface area contributed by atoms with Crippen molar-refractivity contribution in [2.75, 3.05) is 7.11 Å². The lowest BCUT2D eigenvalue weighted by Gasteiger charge is -1.99. The first-order valence-electron chi connectivity index (χ1n) is 4.34. The van der Waals surface area contributed by atoms with E-state index in [4.69, 9.17) is 4.74 Å². The zero-order chi connectivity index (χ0) is 11.0. The summed E-state index contributed by atoms with van der Waals surface area (Å²) in [5, 5.41) is 5.04. The number of rotatable bonds is 1. The average Bonchev–Trinajstić information content (AvgIpc) is 2.55. The summed E-state index contributed by atoms with van der Waals surface area (Å²) >= 11 is 3.39. The van der Waals surface area contributed by atoms with Gasteiger partial charge in [-0.05, 0) is 22.0 Å². The number of benzene rings is 1. The molecule has 0 aliphatic carbocycles. The average molecular weight is 269 g/mol. The van der Waals surface area contributed by atoms with E-state index in [9.17, 15) is 4.79 Å². The van der Waals surface area contributed by atoms with Gasteiger partial charge in [0, 0.05) is 16.9 Å². The first kappa shape index (κ1) is 10.2. The van der Waals surface area contributed by atoms with E-state index < -0.39 is 0 Å². The molecule has 0 spiro atoms. The topological polar surface area (TPSA) is 44.1 Å². The van der Waals surface area contributed by atoms with Crippen LogP contribution in [0, 0.1) is 0 Å². The first-order chi connectivity index (χ1) is 7.15. The van der Waals surface area contributed by atoms with Crippen LogP contribution in [-0.4, -0.2) is 22.9 Å². The van der Waals surface area contributed by atoms with Crippen LogP contribution in [0.1, 0.15) is 10.5 Å². The summed E-state index contributed by atoms with van der Waals surface area (Å²) in [6.45, 7) is 0. The molecule has 2 rings (SSSR count). The third-order valence-electron chi connectivity index (χ3n) is 2.19. The summed E-state index contributed by atoms with van der Waals surface area (Å²) in [7, 11) is 3.08. The minimum absolute atomic E-state index is 0.377. The third-order valence-corrected chi connectivity index (χ3v) is 2.83. The Balaban J connectivity index is 2.79. The van der Waals surface area contributed by atoms with Crippen LogP contribution in [-0.2, 0) is 11.8 Å². The molecular formula is C10H9BrN2O2. The van der Waals surface area contributed by atoms with Crippen LogP contribution in [0.3, 0.4) is 0 Å². The maximum absolute atomic E-state index is 11.5. The van der Waals surface area contributed by atoms with E-state index in [-0.39, 0.29) is 5.97 Å². The molecule has 0 saturated heterocycles. The number of esters is 1. The zero-order valence-corrected chi connectivity index (χ0v) is 9.91. The molecule has 0 aliphatic heterocycles. The van der Waals surface area contributed by atoms with Gasteiger partial charge in [-0.1, -0.05) is 12.1 Å². The third kappa shape index (κ3) is 1.52. The summed E-state index contributed by atoms with van der Waals surface area (Å²) in [5.41, 5.74) is 1.23. The highest BCUT2D eigenvalue weighted by molar-refractivity contribution is 9.10. The summed E-state index contributed by atoms with van der Waals surface area (Å²) in [6, 6.07) is 5.59. The molecule has 0 aliphatic rings. The van der Waals surface area contributed by atoms with E-state index >= 15 is 0 Å². The van der Waals surface area contributed by atoms with Gasteiger partial charge in [0.15, 0.2) is 5.69 Å². The van der Waals surface area contributed by atoms with E-state index in [0.29, 0.717) is 5.69 Å². The number of carbonyl (C=O) groups excluding carboxylic acids is 1. The molecule has 0 unspecified atom stereocenters. The van der Waals surface area contributed by atoms with Crippen LogP contribution >= 0.6 is 15.9 Å².